The summed E-state index contributed by atoms with van der Waals surface area (Å²) in [6, 6.07) is 9.18. The molecular weight excluding hydrogens is 368 g/mol. The fourth-order valence-electron chi connectivity index (χ4n) is 3.78. The number of hydrogen-bond acceptors (Lipinski definition) is 5. The zero-order valence-electron chi connectivity index (χ0n) is 15.2. The summed E-state index contributed by atoms with van der Waals surface area (Å²) in [4.78, 5) is 12.6. The minimum atomic E-state index is -3.43. The van der Waals surface area contributed by atoms with Crippen LogP contribution in [0.5, 0.6) is 0 Å². The monoisotopic (exact) mass is 390 g/mol. The highest BCUT2D eigenvalue weighted by Gasteiger charge is 2.43. The molecule has 1 saturated heterocycles. The first-order chi connectivity index (χ1) is 12.9. The predicted octanol–water partition coefficient (Wildman–Crippen LogP) is 0.441. The minimum absolute atomic E-state index is 0.145. The van der Waals surface area contributed by atoms with Crippen LogP contribution in [-0.4, -0.2) is 64.9 Å². The Morgan fingerprint density at radius 3 is 2.52 bits per heavy atom. The Morgan fingerprint density at radius 2 is 1.81 bits per heavy atom. The average molecular weight is 390 g/mol. The Bertz CT molecular complexity index is 956. The summed E-state index contributed by atoms with van der Waals surface area (Å²) in [7, 11) is -0.350. The van der Waals surface area contributed by atoms with Crippen molar-refractivity contribution in [1.82, 2.24) is 23.4 Å². The van der Waals surface area contributed by atoms with Crippen LogP contribution in [0.3, 0.4) is 0 Å². The first-order valence-electron chi connectivity index (χ1n) is 8.82. The number of para-hydroxylation sites is 1. The maximum Gasteiger partial charge on any atom is 0.293 e. The molecule has 2 aromatic rings. The van der Waals surface area contributed by atoms with E-state index in [0.29, 0.717) is 31.7 Å². The van der Waals surface area contributed by atoms with E-state index in [2.05, 4.69) is 15.5 Å². The fraction of sp³-hybridized carbons (Fsp3) is 0.471. The normalized spacial score (nSPS) is 22.5. The molecule has 2 aliphatic heterocycles. The van der Waals surface area contributed by atoms with Gasteiger partial charge in [-0.15, -0.1) is 10.2 Å². The smallest absolute Gasteiger partial charge is 0.293 e. The van der Waals surface area contributed by atoms with Gasteiger partial charge >= 0.3 is 0 Å². The van der Waals surface area contributed by atoms with E-state index in [9.17, 15) is 13.2 Å². The SMILES string of the molecule is CN(C)S(=O)(=O)N1C[C@H]2Cc3nnc(C(=O)Nc4ccccc4)n3C[C@@H]2C1. The fourth-order valence-corrected chi connectivity index (χ4v) is 5.00. The van der Waals surface area contributed by atoms with E-state index >= 15 is 0 Å². The van der Waals surface area contributed by atoms with Crippen molar-refractivity contribution in [1.29, 1.82) is 0 Å². The number of hydrogen-bond donors (Lipinski definition) is 1. The molecule has 0 radical (unpaired) electrons. The summed E-state index contributed by atoms with van der Waals surface area (Å²) >= 11 is 0. The van der Waals surface area contributed by atoms with Gasteiger partial charge in [0.2, 0.25) is 5.82 Å². The summed E-state index contributed by atoms with van der Waals surface area (Å²) in [6.07, 6.45) is 0.621. The van der Waals surface area contributed by atoms with E-state index in [1.807, 2.05) is 34.9 Å². The lowest BCUT2D eigenvalue weighted by atomic mass is 9.89. The Labute approximate surface area is 158 Å². The first-order valence-corrected chi connectivity index (χ1v) is 10.2. The third kappa shape index (κ3) is 3.24. The van der Waals surface area contributed by atoms with Gasteiger partial charge in [0.05, 0.1) is 0 Å². The molecule has 3 heterocycles. The van der Waals surface area contributed by atoms with Gasteiger partial charge in [-0.1, -0.05) is 18.2 Å². The molecular formula is C17H22N6O3S. The van der Waals surface area contributed by atoms with Crippen LogP contribution in [-0.2, 0) is 23.2 Å². The van der Waals surface area contributed by atoms with Gasteiger partial charge in [0.15, 0.2) is 0 Å². The van der Waals surface area contributed by atoms with Crippen molar-refractivity contribution in [2.75, 3.05) is 32.5 Å². The van der Waals surface area contributed by atoms with Crippen LogP contribution in [0, 0.1) is 11.8 Å². The highest BCUT2D eigenvalue weighted by Crippen LogP contribution is 2.34. The largest absolute Gasteiger partial charge is 0.319 e. The zero-order valence-corrected chi connectivity index (χ0v) is 16.1. The van der Waals surface area contributed by atoms with Crippen molar-refractivity contribution in [3.63, 3.8) is 0 Å². The molecule has 10 heteroatoms. The highest BCUT2D eigenvalue weighted by molar-refractivity contribution is 7.86. The zero-order chi connectivity index (χ0) is 19.2. The van der Waals surface area contributed by atoms with E-state index in [1.54, 1.807) is 0 Å². The van der Waals surface area contributed by atoms with Crippen molar-refractivity contribution >= 4 is 21.8 Å². The molecule has 2 atom stereocenters. The number of benzene rings is 1. The molecule has 4 rings (SSSR count). The lowest BCUT2D eigenvalue weighted by molar-refractivity contribution is 0.100. The molecule has 0 aliphatic carbocycles. The topological polar surface area (TPSA) is 100 Å². The van der Waals surface area contributed by atoms with Gasteiger partial charge in [-0.2, -0.15) is 17.0 Å². The molecule has 1 amide bonds. The number of carbonyl (C=O) groups is 1. The molecule has 144 valence electrons. The van der Waals surface area contributed by atoms with Crippen molar-refractivity contribution in [3.8, 4) is 0 Å². The van der Waals surface area contributed by atoms with Gasteiger partial charge in [-0.3, -0.25) is 4.79 Å². The van der Waals surface area contributed by atoms with Gasteiger partial charge in [0, 0.05) is 45.8 Å². The average Bonchev–Trinajstić information content (AvgIpc) is 3.24. The summed E-state index contributed by atoms with van der Waals surface area (Å²) in [5.41, 5.74) is 0.692. The van der Waals surface area contributed by atoms with Crippen molar-refractivity contribution in [2.24, 2.45) is 11.8 Å². The van der Waals surface area contributed by atoms with E-state index in [1.165, 1.54) is 22.7 Å². The molecule has 0 spiro atoms. The molecule has 27 heavy (non-hydrogen) atoms. The van der Waals surface area contributed by atoms with E-state index in [-0.39, 0.29) is 23.6 Å². The Kier molecular flexibility index (Phi) is 4.49. The third-order valence-corrected chi connectivity index (χ3v) is 7.13. The first kappa shape index (κ1) is 18.1. The van der Waals surface area contributed by atoms with Gasteiger partial charge in [-0.25, -0.2) is 0 Å². The number of rotatable bonds is 4. The second-order valence-electron chi connectivity index (χ2n) is 7.20. The third-order valence-electron chi connectivity index (χ3n) is 5.25. The van der Waals surface area contributed by atoms with E-state index in [0.717, 1.165) is 5.82 Å². The standard InChI is InChI=1S/C17H22N6O3S/c1-21(2)27(25,26)22-9-12-8-15-19-20-16(23(15)11-13(12)10-22)17(24)18-14-6-4-3-5-7-14/h3-7,12-13H,8-11H2,1-2H3,(H,18,24)/t12-,13+/m1/s1. The van der Waals surface area contributed by atoms with Crippen LogP contribution in [0.2, 0.25) is 0 Å². The van der Waals surface area contributed by atoms with Gasteiger partial charge in [0.1, 0.15) is 5.82 Å². The van der Waals surface area contributed by atoms with Crippen LogP contribution >= 0.6 is 0 Å². The number of amides is 1. The maximum absolute atomic E-state index is 12.6. The number of nitrogens with zero attached hydrogens (tertiary/aromatic N) is 5. The molecule has 1 N–H and O–H groups in total. The minimum Gasteiger partial charge on any atom is -0.319 e. The maximum atomic E-state index is 12.6. The van der Waals surface area contributed by atoms with Crippen molar-refractivity contribution in [2.45, 2.75) is 13.0 Å². The Morgan fingerprint density at radius 1 is 1.11 bits per heavy atom. The number of anilines is 1. The molecule has 1 aromatic heterocycles. The highest BCUT2D eigenvalue weighted by atomic mass is 32.2. The molecule has 9 nitrogen and oxygen atoms in total. The predicted molar refractivity (Wildman–Crippen MR) is 99.3 cm³/mol. The number of aromatic nitrogens is 3. The van der Waals surface area contributed by atoms with Gasteiger partial charge in [-0.05, 0) is 24.0 Å². The van der Waals surface area contributed by atoms with E-state index < -0.39 is 10.2 Å². The number of fused-ring (bicyclic) bond motifs is 2. The second-order valence-corrected chi connectivity index (χ2v) is 9.34. The molecule has 2 aliphatic rings. The van der Waals surface area contributed by atoms with Crippen molar-refractivity contribution in [3.05, 3.63) is 42.0 Å². The summed E-state index contributed by atoms with van der Waals surface area (Å²) in [6.45, 7) is 1.47. The van der Waals surface area contributed by atoms with Crippen LogP contribution in [0.25, 0.3) is 0 Å². The number of carbonyl (C=O) groups excluding carboxylic acids is 1. The molecule has 1 aromatic carbocycles. The molecule has 0 bridgehead atoms. The lowest BCUT2D eigenvalue weighted by Gasteiger charge is -2.25. The summed E-state index contributed by atoms with van der Waals surface area (Å²) in [5, 5.41) is 11.1. The lowest BCUT2D eigenvalue weighted by Crippen LogP contribution is -2.38. The number of nitrogens with one attached hydrogen (secondary N) is 1. The summed E-state index contributed by atoms with van der Waals surface area (Å²) < 4.78 is 29.4. The van der Waals surface area contributed by atoms with Crippen LogP contribution in [0.4, 0.5) is 5.69 Å². The molecule has 0 unspecified atom stereocenters. The quantitative estimate of drug-likeness (QED) is 0.817. The summed E-state index contributed by atoms with van der Waals surface area (Å²) in [5.74, 6) is 1.03. The van der Waals surface area contributed by atoms with E-state index in [4.69, 9.17) is 0 Å². The van der Waals surface area contributed by atoms with Crippen LogP contribution in [0.1, 0.15) is 16.4 Å². The second kappa shape index (κ2) is 6.70. The Hall–Kier alpha value is -2.30. The van der Waals surface area contributed by atoms with Gasteiger partial charge < -0.3 is 9.88 Å². The molecule has 0 saturated carbocycles. The van der Waals surface area contributed by atoms with Crippen LogP contribution < -0.4 is 5.32 Å². The Balaban J connectivity index is 1.52. The van der Waals surface area contributed by atoms with Gasteiger partial charge in [0.25, 0.3) is 16.1 Å². The molecule has 1 fully saturated rings. The van der Waals surface area contributed by atoms with Crippen LogP contribution in [0.15, 0.2) is 30.3 Å². The van der Waals surface area contributed by atoms with Crippen molar-refractivity contribution < 1.29 is 13.2 Å².